The zero-order valence-electron chi connectivity index (χ0n) is 13.0. The molecule has 0 spiro atoms. The van der Waals surface area contributed by atoms with Crippen molar-refractivity contribution in [1.82, 2.24) is 5.32 Å². The zero-order valence-corrected chi connectivity index (χ0v) is 14.5. The maximum absolute atomic E-state index is 13.8. The smallest absolute Gasteiger partial charge is 0.426 e. The number of urea groups is 1. The molecular weight excluding hydrogens is 415 g/mol. The molecule has 1 aliphatic rings. The van der Waals surface area contributed by atoms with E-state index in [4.69, 9.17) is 23.2 Å². The molecule has 0 aliphatic carbocycles. The van der Waals surface area contributed by atoms with E-state index in [1.807, 2.05) is 5.32 Å². The van der Waals surface area contributed by atoms with Crippen molar-refractivity contribution in [3.8, 4) is 5.75 Å². The number of rotatable bonds is 2. The van der Waals surface area contributed by atoms with E-state index in [0.717, 1.165) is 6.07 Å². The number of carbonyl (C=O) groups is 2. The van der Waals surface area contributed by atoms with Gasteiger partial charge in [-0.2, -0.15) is 17.6 Å². The minimum atomic E-state index is -4.78. The van der Waals surface area contributed by atoms with Gasteiger partial charge in [-0.15, -0.1) is 0 Å². The van der Waals surface area contributed by atoms with Gasteiger partial charge in [0, 0.05) is 5.69 Å². The van der Waals surface area contributed by atoms with E-state index in [0.29, 0.717) is 6.07 Å². The molecule has 0 saturated heterocycles. The Kier molecular flexibility index (Phi) is 4.69. The third-order valence-corrected chi connectivity index (χ3v) is 4.19. The highest BCUT2D eigenvalue weighted by Gasteiger charge is 2.67. The molecule has 2 N–H and O–H groups in total. The molecule has 3 amide bonds. The van der Waals surface area contributed by atoms with E-state index < -0.39 is 40.3 Å². The Bertz CT molecular complexity index is 953. The van der Waals surface area contributed by atoms with Crippen molar-refractivity contribution in [3.63, 3.8) is 0 Å². The third-order valence-electron chi connectivity index (χ3n) is 3.58. The lowest BCUT2D eigenvalue weighted by molar-refractivity contribution is -0.296. The second-order valence-corrected chi connectivity index (χ2v) is 6.23. The topological polar surface area (TPSA) is 67.4 Å². The highest BCUT2D eigenvalue weighted by atomic mass is 35.5. The normalized spacial score (nSPS) is 16.2. The molecule has 0 saturated carbocycles. The number of carbonyl (C=O) groups excluding carboxylic acids is 2. The molecule has 0 unspecified atom stereocenters. The first-order chi connectivity index (χ1) is 12.5. The van der Waals surface area contributed by atoms with E-state index >= 15 is 0 Å². The van der Waals surface area contributed by atoms with Gasteiger partial charge >= 0.3 is 18.1 Å². The maximum atomic E-state index is 13.8. The number of amides is 3. The van der Waals surface area contributed by atoms with Crippen LogP contribution in [0.3, 0.4) is 0 Å². The fourth-order valence-electron chi connectivity index (χ4n) is 2.33. The lowest BCUT2D eigenvalue weighted by atomic mass is 10.1. The van der Waals surface area contributed by atoms with Crippen LogP contribution in [-0.4, -0.2) is 18.0 Å². The molecule has 0 radical (unpaired) electrons. The molecular formula is C16H8Cl2F4N2O3. The monoisotopic (exact) mass is 422 g/mol. The number of benzene rings is 2. The van der Waals surface area contributed by atoms with Gasteiger partial charge < -0.3 is 10.1 Å². The molecule has 11 heteroatoms. The predicted octanol–water partition coefficient (Wildman–Crippen LogP) is 5.03. The van der Waals surface area contributed by atoms with Crippen LogP contribution in [0.15, 0.2) is 36.4 Å². The number of hydrogen-bond donors (Lipinski definition) is 2. The fourth-order valence-corrected chi connectivity index (χ4v) is 2.81. The number of imide groups is 1. The molecule has 3 rings (SSSR count). The van der Waals surface area contributed by atoms with Gasteiger partial charge in [-0.3, -0.25) is 10.1 Å². The summed E-state index contributed by atoms with van der Waals surface area (Å²) in [7, 11) is 0. The second-order valence-electron chi connectivity index (χ2n) is 5.42. The highest BCUT2D eigenvalue weighted by Crippen LogP contribution is 2.56. The molecule has 1 heterocycles. The highest BCUT2D eigenvalue weighted by molar-refractivity contribution is 6.34. The van der Waals surface area contributed by atoms with Gasteiger partial charge in [0.25, 0.3) is 5.91 Å². The average Bonchev–Trinajstić information content (AvgIpc) is 2.74. The minimum absolute atomic E-state index is 0.000813. The molecule has 27 heavy (non-hydrogen) atoms. The summed E-state index contributed by atoms with van der Waals surface area (Å²) in [5, 5.41) is 3.52. The molecule has 0 bridgehead atoms. The zero-order chi connectivity index (χ0) is 20.0. The van der Waals surface area contributed by atoms with Crippen LogP contribution >= 0.6 is 23.2 Å². The lowest BCUT2D eigenvalue weighted by Crippen LogP contribution is -2.37. The number of ether oxygens (including phenoxy) is 1. The van der Waals surface area contributed by atoms with Crippen molar-refractivity contribution in [1.29, 1.82) is 0 Å². The number of anilines is 1. The summed E-state index contributed by atoms with van der Waals surface area (Å²) >= 11 is 11.5. The van der Waals surface area contributed by atoms with Gasteiger partial charge in [0.05, 0.1) is 21.2 Å². The van der Waals surface area contributed by atoms with Crippen molar-refractivity contribution >= 4 is 40.8 Å². The Labute approximate surface area is 159 Å². The predicted molar refractivity (Wildman–Crippen MR) is 88.9 cm³/mol. The van der Waals surface area contributed by atoms with E-state index in [1.165, 1.54) is 18.2 Å². The largest absolute Gasteiger partial charge is 0.469 e. The van der Waals surface area contributed by atoms with Crippen LogP contribution in [0, 0.1) is 0 Å². The first kappa shape index (κ1) is 19.2. The fraction of sp³-hybridized carbons (Fsp3) is 0.125. The second kappa shape index (κ2) is 6.58. The summed E-state index contributed by atoms with van der Waals surface area (Å²) in [5.41, 5.74) is -1.53. The van der Waals surface area contributed by atoms with Gasteiger partial charge in [0.2, 0.25) is 0 Å². The van der Waals surface area contributed by atoms with Gasteiger partial charge in [-0.1, -0.05) is 35.3 Å². The SMILES string of the molecule is O=C(NC(=O)c1ccccc1Cl)Nc1cc(Cl)c2c(c1)C(F)(F)C(F)(F)O2. The summed E-state index contributed by atoms with van der Waals surface area (Å²) in [6.45, 7) is 0. The molecule has 1 aliphatic heterocycles. The van der Waals surface area contributed by atoms with Crippen LogP contribution in [0.5, 0.6) is 5.75 Å². The number of fused-ring (bicyclic) bond motifs is 1. The first-order valence-corrected chi connectivity index (χ1v) is 7.94. The Morgan fingerprint density at radius 2 is 1.67 bits per heavy atom. The Hall–Kier alpha value is -2.52. The van der Waals surface area contributed by atoms with Gasteiger partial charge in [0.15, 0.2) is 5.75 Å². The standard InChI is InChI=1S/C16H8Cl2F4N2O3/c17-10-4-2-1-3-8(10)13(25)24-14(26)23-7-5-9-12(11(18)6-7)27-16(21,22)15(9,19)20/h1-6H,(H2,23,24,25,26). The Balaban J connectivity index is 1.80. The Morgan fingerprint density at radius 3 is 2.33 bits per heavy atom. The molecule has 0 fully saturated rings. The van der Waals surface area contributed by atoms with E-state index in [2.05, 4.69) is 10.1 Å². The molecule has 5 nitrogen and oxygen atoms in total. The summed E-state index contributed by atoms with van der Waals surface area (Å²) in [5.74, 6) is -6.39. The molecule has 0 aromatic heterocycles. The van der Waals surface area contributed by atoms with Crippen LogP contribution in [0.1, 0.15) is 15.9 Å². The first-order valence-electron chi connectivity index (χ1n) is 7.18. The van der Waals surface area contributed by atoms with Crippen LogP contribution in [0.25, 0.3) is 0 Å². The van der Waals surface area contributed by atoms with E-state index in [1.54, 1.807) is 6.07 Å². The number of nitrogens with one attached hydrogen (secondary N) is 2. The van der Waals surface area contributed by atoms with Gasteiger partial charge in [-0.05, 0) is 24.3 Å². The van der Waals surface area contributed by atoms with Crippen molar-refractivity contribution < 1.29 is 31.9 Å². The summed E-state index contributed by atoms with van der Waals surface area (Å²) < 4.78 is 58.0. The van der Waals surface area contributed by atoms with Gasteiger partial charge in [-0.25, -0.2) is 4.79 Å². The van der Waals surface area contributed by atoms with Crippen LogP contribution < -0.4 is 15.4 Å². The van der Waals surface area contributed by atoms with Crippen molar-refractivity contribution in [2.45, 2.75) is 12.0 Å². The van der Waals surface area contributed by atoms with Gasteiger partial charge in [0.1, 0.15) is 0 Å². The number of alkyl halides is 4. The van der Waals surface area contributed by atoms with Crippen molar-refractivity contribution in [3.05, 3.63) is 57.6 Å². The van der Waals surface area contributed by atoms with Crippen molar-refractivity contribution in [2.75, 3.05) is 5.32 Å². The van der Waals surface area contributed by atoms with E-state index in [-0.39, 0.29) is 16.3 Å². The summed E-state index contributed by atoms with van der Waals surface area (Å²) in [4.78, 5) is 23.9. The quantitative estimate of drug-likeness (QED) is 0.666. The molecule has 2 aromatic rings. The number of halogens is 6. The lowest BCUT2D eigenvalue weighted by Gasteiger charge is -2.16. The maximum Gasteiger partial charge on any atom is 0.469 e. The average molecular weight is 423 g/mol. The molecule has 142 valence electrons. The summed E-state index contributed by atoms with van der Waals surface area (Å²) in [6, 6.07) is 6.28. The van der Waals surface area contributed by atoms with Crippen LogP contribution in [-0.2, 0) is 5.92 Å². The third kappa shape index (κ3) is 3.40. The van der Waals surface area contributed by atoms with E-state index in [9.17, 15) is 27.2 Å². The summed E-state index contributed by atoms with van der Waals surface area (Å²) in [6.07, 6.45) is -4.78. The van der Waals surface area contributed by atoms with Crippen molar-refractivity contribution in [2.24, 2.45) is 0 Å². The Morgan fingerprint density at radius 1 is 1.00 bits per heavy atom. The molecule has 2 aromatic carbocycles. The minimum Gasteiger partial charge on any atom is -0.426 e. The molecule has 0 atom stereocenters. The van der Waals surface area contributed by atoms with Crippen LogP contribution in [0.2, 0.25) is 10.0 Å². The van der Waals surface area contributed by atoms with Crippen LogP contribution in [0.4, 0.5) is 28.0 Å². The number of hydrogen-bond acceptors (Lipinski definition) is 3.